The highest BCUT2D eigenvalue weighted by Gasteiger charge is 2.12. The molecule has 3 N–H and O–H groups in total. The Labute approximate surface area is 115 Å². The molecule has 0 saturated carbocycles. The molecule has 0 aliphatic heterocycles. The Kier molecular flexibility index (Phi) is 5.83. The van der Waals surface area contributed by atoms with E-state index in [1.807, 2.05) is 52.0 Å². The first-order valence-corrected chi connectivity index (χ1v) is 6.69. The van der Waals surface area contributed by atoms with E-state index in [1.54, 1.807) is 0 Å². The van der Waals surface area contributed by atoms with Gasteiger partial charge in [0.15, 0.2) is 0 Å². The molecule has 0 aliphatic rings. The second-order valence-electron chi connectivity index (χ2n) is 5.31. The van der Waals surface area contributed by atoms with Gasteiger partial charge in [-0.15, -0.1) is 0 Å². The minimum absolute atomic E-state index is 0.108. The zero-order valence-corrected chi connectivity index (χ0v) is 12.1. The maximum absolute atomic E-state index is 11.6. The molecule has 0 fully saturated rings. The lowest BCUT2D eigenvalue weighted by Crippen LogP contribution is -2.44. The van der Waals surface area contributed by atoms with Crippen LogP contribution in [0.4, 0.5) is 4.79 Å². The third kappa shape index (κ3) is 5.30. The summed E-state index contributed by atoms with van der Waals surface area (Å²) in [5.74, 6) is 0.382. The molecule has 4 nitrogen and oxygen atoms in total. The molecule has 2 atom stereocenters. The van der Waals surface area contributed by atoms with Gasteiger partial charge in [0.1, 0.15) is 0 Å². The van der Waals surface area contributed by atoms with Crippen molar-refractivity contribution in [1.82, 2.24) is 10.6 Å². The predicted molar refractivity (Wildman–Crippen MR) is 77.0 cm³/mol. The number of hydrogen-bond donors (Lipinski definition) is 3. The average molecular weight is 264 g/mol. The van der Waals surface area contributed by atoms with Crippen molar-refractivity contribution in [2.24, 2.45) is 5.92 Å². The Balaban J connectivity index is 2.39. The minimum Gasteiger partial charge on any atom is -0.387 e. The molecule has 0 bridgehead atoms. The van der Waals surface area contributed by atoms with Crippen LogP contribution in [0.5, 0.6) is 0 Å². The fraction of sp³-hybridized carbons (Fsp3) is 0.533. The van der Waals surface area contributed by atoms with Gasteiger partial charge in [-0.05, 0) is 25.3 Å². The van der Waals surface area contributed by atoms with Crippen LogP contribution in [-0.2, 0) is 0 Å². The standard InChI is InChI=1S/C15H24N2O2/c1-10(2)12(4)17-15(19)16-9-14(18)13-7-5-11(3)6-8-13/h5-8,10,12,14,18H,9H2,1-4H3,(H2,16,17,19). The van der Waals surface area contributed by atoms with Gasteiger partial charge in [-0.25, -0.2) is 4.79 Å². The van der Waals surface area contributed by atoms with Gasteiger partial charge in [0, 0.05) is 12.6 Å². The fourth-order valence-corrected chi connectivity index (χ4v) is 1.52. The molecule has 106 valence electrons. The number of aryl methyl sites for hydroxylation is 1. The summed E-state index contributed by atoms with van der Waals surface area (Å²) in [4.78, 5) is 11.6. The van der Waals surface area contributed by atoms with Gasteiger partial charge in [0.25, 0.3) is 0 Å². The van der Waals surface area contributed by atoms with Gasteiger partial charge in [-0.2, -0.15) is 0 Å². The largest absolute Gasteiger partial charge is 0.387 e. The highest BCUT2D eigenvalue weighted by Crippen LogP contribution is 2.12. The Morgan fingerprint density at radius 1 is 1.21 bits per heavy atom. The number of carbonyl (C=O) groups excluding carboxylic acids is 1. The third-order valence-corrected chi connectivity index (χ3v) is 3.28. The molecule has 1 aromatic rings. The van der Waals surface area contributed by atoms with Gasteiger partial charge in [0.2, 0.25) is 0 Å². The van der Waals surface area contributed by atoms with Crippen LogP contribution in [0.3, 0.4) is 0 Å². The van der Waals surface area contributed by atoms with Crippen molar-refractivity contribution in [3.05, 3.63) is 35.4 Å². The topological polar surface area (TPSA) is 61.4 Å². The molecule has 4 heteroatoms. The summed E-state index contributed by atoms with van der Waals surface area (Å²) in [7, 11) is 0. The summed E-state index contributed by atoms with van der Waals surface area (Å²) >= 11 is 0. The number of benzene rings is 1. The van der Waals surface area contributed by atoms with Gasteiger partial charge in [0.05, 0.1) is 6.10 Å². The first-order chi connectivity index (χ1) is 8.90. The van der Waals surface area contributed by atoms with Crippen LogP contribution in [0.25, 0.3) is 0 Å². The molecule has 0 radical (unpaired) electrons. The van der Waals surface area contributed by atoms with Crippen LogP contribution in [0.15, 0.2) is 24.3 Å². The number of aliphatic hydroxyl groups excluding tert-OH is 1. The Morgan fingerprint density at radius 2 is 1.79 bits per heavy atom. The van der Waals surface area contributed by atoms with Crippen LogP contribution in [0.2, 0.25) is 0 Å². The number of amides is 2. The lowest BCUT2D eigenvalue weighted by atomic mass is 10.1. The molecular weight excluding hydrogens is 240 g/mol. The number of hydrogen-bond acceptors (Lipinski definition) is 2. The monoisotopic (exact) mass is 264 g/mol. The zero-order chi connectivity index (χ0) is 14.4. The van der Waals surface area contributed by atoms with E-state index in [9.17, 15) is 9.90 Å². The van der Waals surface area contributed by atoms with E-state index in [0.717, 1.165) is 11.1 Å². The number of aliphatic hydroxyl groups is 1. The third-order valence-electron chi connectivity index (χ3n) is 3.28. The first-order valence-electron chi connectivity index (χ1n) is 6.69. The van der Waals surface area contributed by atoms with Crippen molar-refractivity contribution < 1.29 is 9.90 Å². The SMILES string of the molecule is Cc1ccc(C(O)CNC(=O)NC(C)C(C)C)cc1. The van der Waals surface area contributed by atoms with Crippen molar-refractivity contribution >= 4 is 6.03 Å². The van der Waals surface area contributed by atoms with E-state index in [4.69, 9.17) is 0 Å². The normalized spacial score (nSPS) is 14.0. The summed E-state index contributed by atoms with van der Waals surface area (Å²) in [5, 5.41) is 15.5. The molecule has 0 saturated heterocycles. The summed E-state index contributed by atoms with van der Waals surface area (Å²) in [5.41, 5.74) is 1.95. The van der Waals surface area contributed by atoms with Crippen LogP contribution in [-0.4, -0.2) is 23.7 Å². The lowest BCUT2D eigenvalue weighted by molar-refractivity contribution is 0.172. The van der Waals surface area contributed by atoms with E-state index in [1.165, 1.54) is 0 Å². The van der Waals surface area contributed by atoms with E-state index in [0.29, 0.717) is 5.92 Å². The quantitative estimate of drug-likeness (QED) is 0.764. The number of carbonyl (C=O) groups is 1. The van der Waals surface area contributed by atoms with Gasteiger partial charge >= 0.3 is 6.03 Å². The van der Waals surface area contributed by atoms with Crippen molar-refractivity contribution in [3.63, 3.8) is 0 Å². The summed E-state index contributed by atoms with van der Waals surface area (Å²) in [6, 6.07) is 7.50. The predicted octanol–water partition coefficient (Wildman–Crippen LogP) is 2.37. The molecule has 0 aliphatic carbocycles. The highest BCUT2D eigenvalue weighted by molar-refractivity contribution is 5.74. The van der Waals surface area contributed by atoms with Gasteiger partial charge in [-0.3, -0.25) is 0 Å². The summed E-state index contributed by atoms with van der Waals surface area (Å²) < 4.78 is 0. The average Bonchev–Trinajstić information content (AvgIpc) is 2.36. The van der Waals surface area contributed by atoms with Crippen molar-refractivity contribution in [2.75, 3.05) is 6.54 Å². The summed E-state index contributed by atoms with van der Waals surface area (Å²) in [6.07, 6.45) is -0.680. The second-order valence-corrected chi connectivity index (χ2v) is 5.31. The van der Waals surface area contributed by atoms with Crippen LogP contribution in [0, 0.1) is 12.8 Å². The molecule has 2 unspecified atom stereocenters. The smallest absolute Gasteiger partial charge is 0.315 e. The van der Waals surface area contributed by atoms with Crippen LogP contribution >= 0.6 is 0 Å². The van der Waals surface area contributed by atoms with Crippen molar-refractivity contribution in [1.29, 1.82) is 0 Å². The molecule has 0 aromatic heterocycles. The first kappa shape index (κ1) is 15.5. The zero-order valence-electron chi connectivity index (χ0n) is 12.1. The van der Waals surface area contributed by atoms with E-state index in [2.05, 4.69) is 10.6 Å². The van der Waals surface area contributed by atoms with Crippen molar-refractivity contribution in [2.45, 2.75) is 39.8 Å². The van der Waals surface area contributed by atoms with Crippen LogP contribution in [0.1, 0.15) is 38.0 Å². The van der Waals surface area contributed by atoms with Gasteiger partial charge in [-0.1, -0.05) is 43.7 Å². The van der Waals surface area contributed by atoms with Crippen molar-refractivity contribution in [3.8, 4) is 0 Å². The molecule has 1 aromatic carbocycles. The molecule has 19 heavy (non-hydrogen) atoms. The van der Waals surface area contributed by atoms with E-state index >= 15 is 0 Å². The Bertz CT molecular complexity index is 401. The molecule has 0 spiro atoms. The number of rotatable bonds is 5. The maximum atomic E-state index is 11.6. The van der Waals surface area contributed by atoms with Crippen LogP contribution < -0.4 is 10.6 Å². The fourth-order valence-electron chi connectivity index (χ4n) is 1.52. The number of urea groups is 1. The molecule has 0 heterocycles. The lowest BCUT2D eigenvalue weighted by Gasteiger charge is -2.19. The number of nitrogens with one attached hydrogen (secondary N) is 2. The molecular formula is C15H24N2O2. The molecule has 2 amide bonds. The van der Waals surface area contributed by atoms with E-state index < -0.39 is 6.10 Å². The highest BCUT2D eigenvalue weighted by atomic mass is 16.3. The Hall–Kier alpha value is -1.55. The molecule has 1 rings (SSSR count). The Morgan fingerprint density at radius 3 is 2.32 bits per heavy atom. The summed E-state index contributed by atoms with van der Waals surface area (Å²) in [6.45, 7) is 8.26. The minimum atomic E-state index is -0.680. The maximum Gasteiger partial charge on any atom is 0.315 e. The van der Waals surface area contributed by atoms with E-state index in [-0.39, 0.29) is 18.6 Å². The van der Waals surface area contributed by atoms with Gasteiger partial charge < -0.3 is 15.7 Å². The second kappa shape index (κ2) is 7.14.